The SMILES string of the molecule is O=C(OCc1cc(=O)n2ccsc2n1)c1c(F)cccc1F. The summed E-state index contributed by atoms with van der Waals surface area (Å²) in [5.74, 6) is -3.16. The summed E-state index contributed by atoms with van der Waals surface area (Å²) in [6, 6.07) is 4.27. The van der Waals surface area contributed by atoms with Gasteiger partial charge in [0, 0.05) is 17.6 Å². The third kappa shape index (κ3) is 2.60. The van der Waals surface area contributed by atoms with Crippen LogP contribution in [0.2, 0.25) is 0 Å². The second kappa shape index (κ2) is 5.64. The van der Waals surface area contributed by atoms with Crippen LogP contribution in [-0.2, 0) is 11.3 Å². The van der Waals surface area contributed by atoms with Gasteiger partial charge >= 0.3 is 5.97 Å². The van der Waals surface area contributed by atoms with Crippen LogP contribution in [0.5, 0.6) is 0 Å². The third-order valence-electron chi connectivity index (χ3n) is 2.87. The van der Waals surface area contributed by atoms with Crippen molar-refractivity contribution in [2.24, 2.45) is 0 Å². The molecule has 0 fully saturated rings. The molecule has 0 spiro atoms. The van der Waals surface area contributed by atoms with E-state index in [-0.39, 0.29) is 17.9 Å². The first-order valence-corrected chi connectivity index (χ1v) is 7.01. The summed E-state index contributed by atoms with van der Waals surface area (Å²) in [4.78, 5) is 28.1. The van der Waals surface area contributed by atoms with Gasteiger partial charge in [0.15, 0.2) is 4.96 Å². The summed E-state index contributed by atoms with van der Waals surface area (Å²) < 4.78 is 33.1. The molecule has 0 bridgehead atoms. The Labute approximate surface area is 126 Å². The molecular weight excluding hydrogens is 314 g/mol. The molecule has 3 rings (SSSR count). The van der Waals surface area contributed by atoms with Gasteiger partial charge in [-0.05, 0) is 12.1 Å². The summed E-state index contributed by atoms with van der Waals surface area (Å²) in [6.07, 6.45) is 1.57. The molecule has 0 aliphatic carbocycles. The van der Waals surface area contributed by atoms with Crippen molar-refractivity contribution in [1.82, 2.24) is 9.38 Å². The molecule has 0 radical (unpaired) electrons. The number of nitrogens with zero attached hydrogens (tertiary/aromatic N) is 2. The van der Waals surface area contributed by atoms with Crippen LogP contribution in [0.1, 0.15) is 16.1 Å². The fourth-order valence-corrected chi connectivity index (χ4v) is 2.60. The Morgan fingerprint density at radius 2 is 2.05 bits per heavy atom. The highest BCUT2D eigenvalue weighted by Crippen LogP contribution is 2.14. The lowest BCUT2D eigenvalue weighted by Gasteiger charge is -2.06. The number of carbonyl (C=O) groups excluding carboxylic acids is 1. The lowest BCUT2D eigenvalue weighted by Crippen LogP contribution is -2.15. The van der Waals surface area contributed by atoms with Gasteiger partial charge < -0.3 is 4.74 Å². The number of ether oxygens (including phenoxy) is 1. The summed E-state index contributed by atoms with van der Waals surface area (Å²) >= 11 is 1.24. The van der Waals surface area contributed by atoms with Crippen molar-refractivity contribution < 1.29 is 18.3 Å². The molecule has 8 heteroatoms. The maximum absolute atomic E-state index is 13.4. The molecule has 0 atom stereocenters. The number of carbonyl (C=O) groups is 1. The number of aromatic nitrogens is 2. The van der Waals surface area contributed by atoms with Crippen molar-refractivity contribution in [1.29, 1.82) is 0 Å². The molecule has 22 heavy (non-hydrogen) atoms. The zero-order valence-electron chi connectivity index (χ0n) is 11.0. The fraction of sp³-hybridized carbons (Fsp3) is 0.0714. The van der Waals surface area contributed by atoms with Crippen molar-refractivity contribution in [2.75, 3.05) is 0 Å². The number of benzene rings is 1. The van der Waals surface area contributed by atoms with E-state index in [9.17, 15) is 18.4 Å². The van der Waals surface area contributed by atoms with Crippen LogP contribution in [0, 0.1) is 11.6 Å². The van der Waals surface area contributed by atoms with Crippen molar-refractivity contribution in [3.05, 3.63) is 69.1 Å². The molecule has 0 saturated carbocycles. The fourth-order valence-electron chi connectivity index (χ4n) is 1.87. The van der Waals surface area contributed by atoms with Crippen LogP contribution in [0.15, 0.2) is 40.6 Å². The highest BCUT2D eigenvalue weighted by molar-refractivity contribution is 7.15. The number of halogens is 2. The van der Waals surface area contributed by atoms with Gasteiger partial charge in [0.1, 0.15) is 23.8 Å². The molecule has 2 aromatic heterocycles. The van der Waals surface area contributed by atoms with Gasteiger partial charge in [-0.3, -0.25) is 9.20 Å². The first-order valence-electron chi connectivity index (χ1n) is 6.13. The van der Waals surface area contributed by atoms with E-state index < -0.39 is 23.2 Å². The Morgan fingerprint density at radius 3 is 2.77 bits per heavy atom. The first-order chi connectivity index (χ1) is 10.6. The Hall–Kier alpha value is -2.61. The van der Waals surface area contributed by atoms with Crippen molar-refractivity contribution in [3.63, 3.8) is 0 Å². The molecule has 0 aliphatic heterocycles. The van der Waals surface area contributed by atoms with E-state index in [2.05, 4.69) is 4.98 Å². The topological polar surface area (TPSA) is 60.7 Å². The molecule has 0 saturated heterocycles. The van der Waals surface area contributed by atoms with Gasteiger partial charge in [-0.25, -0.2) is 18.6 Å². The molecule has 112 valence electrons. The van der Waals surface area contributed by atoms with Gasteiger partial charge in [-0.1, -0.05) is 6.07 Å². The minimum Gasteiger partial charge on any atom is -0.455 e. The van der Waals surface area contributed by atoms with Crippen molar-refractivity contribution in [3.8, 4) is 0 Å². The molecular formula is C14H8F2N2O3S. The zero-order valence-corrected chi connectivity index (χ0v) is 11.8. The van der Waals surface area contributed by atoms with E-state index in [4.69, 9.17) is 4.74 Å². The van der Waals surface area contributed by atoms with Crippen molar-refractivity contribution >= 4 is 22.3 Å². The molecule has 2 heterocycles. The van der Waals surface area contributed by atoms with E-state index >= 15 is 0 Å². The predicted molar refractivity (Wildman–Crippen MR) is 74.8 cm³/mol. The highest BCUT2D eigenvalue weighted by Gasteiger charge is 2.18. The van der Waals surface area contributed by atoms with Crippen LogP contribution in [-0.4, -0.2) is 15.4 Å². The Kier molecular flexibility index (Phi) is 3.68. The van der Waals surface area contributed by atoms with Gasteiger partial charge in [0.05, 0.1) is 5.69 Å². The molecule has 0 amide bonds. The van der Waals surface area contributed by atoms with Crippen LogP contribution < -0.4 is 5.56 Å². The van der Waals surface area contributed by atoms with Crippen LogP contribution in [0.4, 0.5) is 8.78 Å². The van der Waals surface area contributed by atoms with E-state index in [0.29, 0.717) is 4.96 Å². The number of hydrogen-bond acceptors (Lipinski definition) is 5. The first kappa shape index (κ1) is 14.3. The van der Waals surface area contributed by atoms with Gasteiger partial charge in [0.2, 0.25) is 0 Å². The third-order valence-corrected chi connectivity index (χ3v) is 3.63. The zero-order chi connectivity index (χ0) is 15.7. The van der Waals surface area contributed by atoms with Crippen molar-refractivity contribution in [2.45, 2.75) is 6.61 Å². The lowest BCUT2D eigenvalue weighted by molar-refractivity contribution is 0.0456. The minimum atomic E-state index is -1.15. The second-order valence-electron chi connectivity index (χ2n) is 4.31. The summed E-state index contributed by atoms with van der Waals surface area (Å²) in [6.45, 7) is -0.351. The Balaban J connectivity index is 1.82. The van der Waals surface area contributed by atoms with E-state index in [0.717, 1.165) is 18.2 Å². The van der Waals surface area contributed by atoms with Crippen LogP contribution >= 0.6 is 11.3 Å². The minimum absolute atomic E-state index is 0.206. The van der Waals surface area contributed by atoms with E-state index in [1.807, 2.05) is 0 Å². The molecule has 0 N–H and O–H groups in total. The normalized spacial score (nSPS) is 10.8. The number of rotatable bonds is 3. The standard InChI is InChI=1S/C14H8F2N2O3S/c15-9-2-1-3-10(16)12(9)13(20)21-7-8-6-11(19)18-4-5-22-14(18)17-8/h1-6H,7H2. The molecule has 5 nitrogen and oxygen atoms in total. The molecule has 3 aromatic rings. The Morgan fingerprint density at radius 1 is 1.32 bits per heavy atom. The summed E-state index contributed by atoms with van der Waals surface area (Å²) in [5.41, 5.74) is -0.886. The molecule has 1 aromatic carbocycles. The maximum Gasteiger partial charge on any atom is 0.344 e. The predicted octanol–water partition coefficient (Wildman–Crippen LogP) is 2.39. The maximum atomic E-state index is 13.4. The number of thiazole rings is 1. The smallest absolute Gasteiger partial charge is 0.344 e. The van der Waals surface area contributed by atoms with Crippen LogP contribution in [0.3, 0.4) is 0 Å². The average Bonchev–Trinajstić information content (AvgIpc) is 2.94. The quantitative estimate of drug-likeness (QED) is 0.695. The van der Waals surface area contributed by atoms with Gasteiger partial charge in [0.25, 0.3) is 5.56 Å². The summed E-state index contributed by atoms with van der Waals surface area (Å²) in [5, 5.41) is 1.69. The molecule has 0 unspecified atom stereocenters. The highest BCUT2D eigenvalue weighted by atomic mass is 32.1. The lowest BCUT2D eigenvalue weighted by atomic mass is 10.2. The number of esters is 1. The number of hydrogen-bond donors (Lipinski definition) is 0. The summed E-state index contributed by atoms with van der Waals surface area (Å²) in [7, 11) is 0. The largest absolute Gasteiger partial charge is 0.455 e. The number of fused-ring (bicyclic) bond motifs is 1. The van der Waals surface area contributed by atoms with Crippen LogP contribution in [0.25, 0.3) is 4.96 Å². The second-order valence-corrected chi connectivity index (χ2v) is 5.19. The van der Waals surface area contributed by atoms with E-state index in [1.165, 1.54) is 21.8 Å². The van der Waals surface area contributed by atoms with Gasteiger partial charge in [-0.2, -0.15) is 0 Å². The Bertz CT molecular complexity index is 900. The molecule has 0 aliphatic rings. The van der Waals surface area contributed by atoms with Gasteiger partial charge in [-0.15, -0.1) is 11.3 Å². The van der Waals surface area contributed by atoms with E-state index in [1.54, 1.807) is 11.6 Å². The average molecular weight is 322 g/mol. The monoisotopic (exact) mass is 322 g/mol.